The summed E-state index contributed by atoms with van der Waals surface area (Å²) in [5.74, 6) is 0. The Morgan fingerprint density at radius 3 is 2.44 bits per heavy atom. The van der Waals surface area contributed by atoms with Crippen LogP contribution in [0.1, 0.15) is 6.92 Å². The van der Waals surface area contributed by atoms with Gasteiger partial charge in [-0.05, 0) is 13.0 Å². The monoisotopic (exact) mass is 224 g/mol. The molecule has 1 rings (SSSR count). The molecular weight excluding hydrogens is 208 g/mol. The first kappa shape index (κ1) is 12.3. The summed E-state index contributed by atoms with van der Waals surface area (Å²) < 4.78 is 0. The zero-order valence-corrected chi connectivity index (χ0v) is 9.65. The molecule has 0 aliphatic carbocycles. The smallest absolute Gasteiger partial charge is 0.273 e. The highest BCUT2D eigenvalue weighted by atomic mass is 16.6. The maximum atomic E-state index is 10.7. The van der Waals surface area contributed by atoms with Crippen LogP contribution in [0, 0.1) is 10.1 Å². The molecule has 0 aliphatic rings. The predicted octanol–water partition coefficient (Wildman–Crippen LogP) is 1.92. The Balaban J connectivity index is 3.03. The number of nitrogens with zero attached hydrogens (tertiary/aromatic N) is 2. The largest absolute Gasteiger partial charge is 0.385 e. The first-order valence-electron chi connectivity index (χ1n) is 5.00. The van der Waals surface area contributed by atoms with E-state index in [0.29, 0.717) is 5.69 Å². The van der Waals surface area contributed by atoms with Crippen LogP contribution in [0.4, 0.5) is 17.1 Å². The molecule has 0 aliphatic heterocycles. The van der Waals surface area contributed by atoms with Crippen LogP contribution in [0.5, 0.6) is 0 Å². The Morgan fingerprint density at radius 2 is 1.94 bits per heavy atom. The standard InChI is InChI=1S/C10H16N4O2/c1-4-11-8-5-9(12-13(2)3)7-10(6-8)14(15)16/h5-7,11-12H,4H2,1-3H3. The Morgan fingerprint density at radius 1 is 1.31 bits per heavy atom. The van der Waals surface area contributed by atoms with Gasteiger partial charge in [0.05, 0.1) is 10.6 Å². The van der Waals surface area contributed by atoms with Gasteiger partial charge < -0.3 is 10.7 Å². The van der Waals surface area contributed by atoms with E-state index in [1.165, 1.54) is 12.1 Å². The van der Waals surface area contributed by atoms with Crippen molar-refractivity contribution in [1.82, 2.24) is 5.01 Å². The van der Waals surface area contributed by atoms with Crippen molar-refractivity contribution < 1.29 is 4.92 Å². The number of non-ortho nitro benzene ring substituents is 1. The third kappa shape index (κ3) is 3.39. The van der Waals surface area contributed by atoms with Gasteiger partial charge in [0.25, 0.3) is 5.69 Å². The number of benzene rings is 1. The molecule has 16 heavy (non-hydrogen) atoms. The normalized spacial score (nSPS) is 10.2. The van der Waals surface area contributed by atoms with Gasteiger partial charge in [-0.25, -0.2) is 5.01 Å². The summed E-state index contributed by atoms with van der Waals surface area (Å²) in [6, 6.07) is 4.85. The number of hydrazine groups is 1. The molecule has 0 heterocycles. The van der Waals surface area contributed by atoms with Crippen molar-refractivity contribution in [3.05, 3.63) is 28.3 Å². The van der Waals surface area contributed by atoms with Gasteiger partial charge in [0.2, 0.25) is 0 Å². The molecule has 0 aromatic heterocycles. The fourth-order valence-corrected chi connectivity index (χ4v) is 1.35. The molecule has 0 saturated carbocycles. The van der Waals surface area contributed by atoms with E-state index in [4.69, 9.17) is 0 Å². The molecule has 1 aromatic rings. The summed E-state index contributed by atoms with van der Waals surface area (Å²) >= 11 is 0. The van der Waals surface area contributed by atoms with E-state index in [0.717, 1.165) is 12.2 Å². The minimum atomic E-state index is -0.401. The Hall–Kier alpha value is -1.82. The van der Waals surface area contributed by atoms with Gasteiger partial charge in [-0.1, -0.05) is 0 Å². The van der Waals surface area contributed by atoms with Crippen molar-refractivity contribution in [1.29, 1.82) is 0 Å². The van der Waals surface area contributed by atoms with Gasteiger partial charge in [-0.15, -0.1) is 0 Å². The maximum absolute atomic E-state index is 10.7. The number of rotatable bonds is 5. The van der Waals surface area contributed by atoms with Gasteiger partial charge in [0.1, 0.15) is 0 Å². The van der Waals surface area contributed by atoms with Crippen LogP contribution >= 0.6 is 0 Å². The SMILES string of the molecule is CCNc1cc(NN(C)C)cc([N+](=O)[O-])c1. The van der Waals surface area contributed by atoms with Crippen molar-refractivity contribution >= 4 is 17.1 Å². The summed E-state index contributed by atoms with van der Waals surface area (Å²) in [5, 5.41) is 15.5. The molecule has 6 heteroatoms. The van der Waals surface area contributed by atoms with Gasteiger partial charge in [-0.2, -0.15) is 0 Å². The van der Waals surface area contributed by atoms with E-state index in [-0.39, 0.29) is 5.69 Å². The van der Waals surface area contributed by atoms with Gasteiger partial charge >= 0.3 is 0 Å². The first-order chi connectivity index (χ1) is 7.52. The lowest BCUT2D eigenvalue weighted by atomic mass is 10.2. The van der Waals surface area contributed by atoms with Crippen LogP contribution in [-0.2, 0) is 0 Å². The topological polar surface area (TPSA) is 70.4 Å². The lowest BCUT2D eigenvalue weighted by Gasteiger charge is -2.14. The second kappa shape index (κ2) is 5.32. The highest BCUT2D eigenvalue weighted by Crippen LogP contribution is 2.24. The summed E-state index contributed by atoms with van der Waals surface area (Å²) in [5.41, 5.74) is 4.49. The third-order valence-corrected chi connectivity index (χ3v) is 1.86. The van der Waals surface area contributed by atoms with Crippen LogP contribution in [-0.4, -0.2) is 30.6 Å². The van der Waals surface area contributed by atoms with Crippen molar-refractivity contribution in [3.8, 4) is 0 Å². The molecular formula is C10H16N4O2. The minimum absolute atomic E-state index is 0.0720. The van der Waals surface area contributed by atoms with Crippen molar-refractivity contribution in [2.45, 2.75) is 6.92 Å². The Bertz CT molecular complexity index is 379. The van der Waals surface area contributed by atoms with E-state index in [1.807, 2.05) is 27.1 Å². The molecule has 6 nitrogen and oxygen atoms in total. The fourth-order valence-electron chi connectivity index (χ4n) is 1.35. The number of nitrogens with one attached hydrogen (secondary N) is 2. The summed E-state index contributed by atoms with van der Waals surface area (Å²) in [6.07, 6.45) is 0. The second-order valence-electron chi connectivity index (χ2n) is 3.56. The molecule has 0 unspecified atom stereocenters. The number of hydrogen-bond donors (Lipinski definition) is 2. The van der Waals surface area contributed by atoms with E-state index in [1.54, 1.807) is 5.01 Å². The minimum Gasteiger partial charge on any atom is -0.385 e. The average Bonchev–Trinajstić information content (AvgIpc) is 2.16. The molecule has 0 fully saturated rings. The Kier molecular flexibility index (Phi) is 4.07. The molecule has 0 radical (unpaired) electrons. The highest BCUT2D eigenvalue weighted by molar-refractivity contribution is 5.63. The molecule has 88 valence electrons. The van der Waals surface area contributed by atoms with Crippen LogP contribution in [0.2, 0.25) is 0 Å². The first-order valence-corrected chi connectivity index (χ1v) is 5.00. The summed E-state index contributed by atoms with van der Waals surface area (Å²) in [7, 11) is 3.65. The van der Waals surface area contributed by atoms with Crippen molar-refractivity contribution in [2.24, 2.45) is 0 Å². The summed E-state index contributed by atoms with van der Waals surface area (Å²) in [6.45, 7) is 2.67. The molecule has 0 atom stereocenters. The Labute approximate surface area is 94.4 Å². The lowest BCUT2D eigenvalue weighted by Crippen LogP contribution is -2.19. The van der Waals surface area contributed by atoms with Crippen LogP contribution in [0.25, 0.3) is 0 Å². The fraction of sp³-hybridized carbons (Fsp3) is 0.400. The molecule has 0 spiro atoms. The third-order valence-electron chi connectivity index (χ3n) is 1.86. The maximum Gasteiger partial charge on any atom is 0.273 e. The highest BCUT2D eigenvalue weighted by Gasteiger charge is 2.09. The van der Waals surface area contributed by atoms with E-state index in [9.17, 15) is 10.1 Å². The number of anilines is 2. The molecule has 1 aromatic carbocycles. The second-order valence-corrected chi connectivity index (χ2v) is 3.56. The van der Waals surface area contributed by atoms with Crippen LogP contribution in [0.3, 0.4) is 0 Å². The molecule has 0 saturated heterocycles. The van der Waals surface area contributed by atoms with E-state index < -0.39 is 4.92 Å². The molecule has 2 N–H and O–H groups in total. The van der Waals surface area contributed by atoms with Crippen molar-refractivity contribution in [3.63, 3.8) is 0 Å². The lowest BCUT2D eigenvalue weighted by molar-refractivity contribution is -0.384. The zero-order chi connectivity index (χ0) is 12.1. The van der Waals surface area contributed by atoms with Crippen LogP contribution < -0.4 is 10.7 Å². The molecule has 0 bridgehead atoms. The average molecular weight is 224 g/mol. The molecule has 0 amide bonds. The van der Waals surface area contributed by atoms with E-state index >= 15 is 0 Å². The quantitative estimate of drug-likeness (QED) is 0.590. The van der Waals surface area contributed by atoms with Gasteiger partial charge in [0, 0.05) is 38.5 Å². The predicted molar refractivity (Wildman–Crippen MR) is 64.6 cm³/mol. The zero-order valence-electron chi connectivity index (χ0n) is 9.65. The number of nitro benzene ring substituents is 1. The number of nitro groups is 1. The number of hydrogen-bond acceptors (Lipinski definition) is 5. The van der Waals surface area contributed by atoms with Gasteiger partial charge in [-0.3, -0.25) is 10.1 Å². The summed E-state index contributed by atoms with van der Waals surface area (Å²) in [4.78, 5) is 10.3. The van der Waals surface area contributed by atoms with Crippen LogP contribution in [0.15, 0.2) is 18.2 Å². The van der Waals surface area contributed by atoms with Crippen molar-refractivity contribution in [2.75, 3.05) is 31.4 Å². The van der Waals surface area contributed by atoms with E-state index in [2.05, 4.69) is 10.7 Å². The van der Waals surface area contributed by atoms with Gasteiger partial charge in [0.15, 0.2) is 0 Å².